The van der Waals surface area contributed by atoms with E-state index in [0.29, 0.717) is 18.6 Å². The highest BCUT2D eigenvalue weighted by Gasteiger charge is 2.18. The lowest BCUT2D eigenvalue weighted by Crippen LogP contribution is -1.95. The van der Waals surface area contributed by atoms with E-state index in [1.807, 2.05) is 24.3 Å². The van der Waals surface area contributed by atoms with Gasteiger partial charge in [-0.25, -0.2) is 0 Å². The Morgan fingerprint density at radius 3 is 2.14 bits per heavy atom. The van der Waals surface area contributed by atoms with Gasteiger partial charge in [0.1, 0.15) is 0 Å². The minimum Gasteiger partial charge on any atom is -0.454 e. The molecule has 3 aromatic carbocycles. The highest BCUT2D eigenvalue weighted by Crippen LogP contribution is 2.38. The maximum absolute atomic E-state index is 5.88. The van der Waals surface area contributed by atoms with Crippen LogP contribution >= 0.6 is 11.6 Å². The number of hydrogen-bond donors (Lipinski definition) is 0. The second kappa shape index (κ2) is 9.16. The maximum Gasteiger partial charge on any atom is 0.231 e. The predicted molar refractivity (Wildman–Crippen MR) is 118 cm³/mol. The molecule has 0 spiro atoms. The molecule has 0 aliphatic carbocycles. The molecule has 28 heavy (non-hydrogen) atoms. The van der Waals surface area contributed by atoms with Gasteiger partial charge in [0.15, 0.2) is 11.5 Å². The van der Waals surface area contributed by atoms with Gasteiger partial charge in [-0.15, -0.1) is 0 Å². The van der Waals surface area contributed by atoms with Gasteiger partial charge >= 0.3 is 0 Å². The fraction of sp³-hybridized carbons (Fsp3) is 0.280. The van der Waals surface area contributed by atoms with E-state index in [2.05, 4.69) is 70.2 Å². The van der Waals surface area contributed by atoms with Crippen molar-refractivity contribution in [3.63, 3.8) is 0 Å². The number of benzene rings is 3. The highest BCUT2D eigenvalue weighted by molar-refractivity contribution is 6.30. The molecule has 0 saturated heterocycles. The smallest absolute Gasteiger partial charge is 0.231 e. The summed E-state index contributed by atoms with van der Waals surface area (Å²) in [6.07, 6.45) is 0. The normalized spacial score (nSPS) is 12.1. The zero-order valence-corrected chi connectivity index (χ0v) is 17.7. The minimum atomic E-state index is 0.360. The Morgan fingerprint density at radius 1 is 0.750 bits per heavy atom. The van der Waals surface area contributed by atoms with Gasteiger partial charge in [-0.3, -0.25) is 0 Å². The molecule has 0 N–H and O–H groups in total. The topological polar surface area (TPSA) is 18.5 Å². The predicted octanol–water partition coefficient (Wildman–Crippen LogP) is 7.67. The second-order valence-corrected chi connectivity index (χ2v) is 7.96. The summed E-state index contributed by atoms with van der Waals surface area (Å²) in [7, 11) is 0. The Bertz CT molecular complexity index is 914. The van der Waals surface area contributed by atoms with Crippen molar-refractivity contribution < 1.29 is 9.47 Å². The monoisotopic (exact) mass is 394 g/mol. The molecule has 0 fully saturated rings. The van der Waals surface area contributed by atoms with E-state index in [9.17, 15) is 0 Å². The molecule has 146 valence electrons. The van der Waals surface area contributed by atoms with Crippen LogP contribution in [0, 0.1) is 0 Å². The number of rotatable bonds is 3. The lowest BCUT2D eigenvalue weighted by molar-refractivity contribution is 0.173. The second-order valence-electron chi connectivity index (χ2n) is 7.52. The van der Waals surface area contributed by atoms with E-state index in [1.165, 1.54) is 22.3 Å². The van der Waals surface area contributed by atoms with Gasteiger partial charge in [0, 0.05) is 10.6 Å². The number of hydrogen-bond acceptors (Lipinski definition) is 2. The summed E-state index contributed by atoms with van der Waals surface area (Å²) in [5.74, 6) is 2.85. The van der Waals surface area contributed by atoms with Gasteiger partial charge < -0.3 is 9.47 Å². The Morgan fingerprint density at radius 2 is 1.46 bits per heavy atom. The standard InChI is InChI=1S/C15H15Cl.C10H12O2/c1-11(2)13-4-3-5-14(10-13)12-6-8-15(16)9-7-12;1-7(2)8-4-3-5-9-10(8)12-6-11-9/h3-11H,1-2H3;3-5,7H,6H2,1-2H3. The highest BCUT2D eigenvalue weighted by atomic mass is 35.5. The van der Waals surface area contributed by atoms with Crippen LogP contribution in [0.5, 0.6) is 11.5 Å². The van der Waals surface area contributed by atoms with Gasteiger partial charge in [-0.2, -0.15) is 0 Å². The first-order valence-electron chi connectivity index (χ1n) is 9.70. The molecule has 4 rings (SSSR count). The average molecular weight is 395 g/mol. The van der Waals surface area contributed by atoms with Gasteiger partial charge in [-0.1, -0.05) is 87.8 Å². The summed E-state index contributed by atoms with van der Waals surface area (Å²) in [5, 5.41) is 0.781. The molecule has 1 aliphatic heterocycles. The SMILES string of the molecule is CC(C)c1cccc(-c2ccc(Cl)cc2)c1.CC(C)c1cccc2c1OCO2. The third kappa shape index (κ3) is 4.88. The summed E-state index contributed by atoms with van der Waals surface area (Å²) in [6, 6.07) is 22.7. The Kier molecular flexibility index (Phi) is 6.64. The molecule has 1 aliphatic rings. The molecule has 1 heterocycles. The Balaban J connectivity index is 0.000000167. The van der Waals surface area contributed by atoms with Crippen molar-refractivity contribution >= 4 is 11.6 Å². The first-order valence-corrected chi connectivity index (χ1v) is 10.1. The van der Waals surface area contributed by atoms with Crippen molar-refractivity contribution in [2.45, 2.75) is 39.5 Å². The van der Waals surface area contributed by atoms with Crippen LogP contribution in [-0.2, 0) is 0 Å². The zero-order chi connectivity index (χ0) is 20.1. The molecule has 3 aromatic rings. The molecule has 0 aromatic heterocycles. The quantitative estimate of drug-likeness (QED) is 0.453. The molecule has 0 saturated carbocycles. The summed E-state index contributed by atoms with van der Waals surface area (Å²) >= 11 is 5.88. The zero-order valence-electron chi connectivity index (χ0n) is 16.9. The molecule has 3 heteroatoms. The summed E-state index contributed by atoms with van der Waals surface area (Å²) < 4.78 is 10.6. The molecular weight excluding hydrogens is 368 g/mol. The Labute approximate surface area is 173 Å². The summed E-state index contributed by atoms with van der Waals surface area (Å²) in [4.78, 5) is 0. The molecule has 0 bridgehead atoms. The van der Waals surface area contributed by atoms with Crippen LogP contribution in [-0.4, -0.2) is 6.79 Å². The average Bonchev–Trinajstić information content (AvgIpc) is 3.18. The van der Waals surface area contributed by atoms with Gasteiger partial charge in [-0.05, 0) is 46.7 Å². The van der Waals surface area contributed by atoms with Crippen molar-refractivity contribution in [1.29, 1.82) is 0 Å². The van der Waals surface area contributed by atoms with Crippen molar-refractivity contribution in [3.05, 3.63) is 82.9 Å². The Hall–Kier alpha value is -2.45. The number of fused-ring (bicyclic) bond motifs is 1. The van der Waals surface area contributed by atoms with Gasteiger partial charge in [0.2, 0.25) is 6.79 Å². The molecule has 2 nitrogen and oxygen atoms in total. The van der Waals surface area contributed by atoms with E-state index < -0.39 is 0 Å². The minimum absolute atomic E-state index is 0.360. The first-order chi connectivity index (χ1) is 13.5. The van der Waals surface area contributed by atoms with Crippen molar-refractivity contribution in [2.24, 2.45) is 0 Å². The van der Waals surface area contributed by atoms with Crippen LogP contribution in [0.25, 0.3) is 11.1 Å². The number of ether oxygens (including phenoxy) is 2. The van der Waals surface area contributed by atoms with Crippen molar-refractivity contribution in [1.82, 2.24) is 0 Å². The fourth-order valence-electron chi connectivity index (χ4n) is 3.13. The number of para-hydroxylation sites is 1. The van der Waals surface area contributed by atoms with E-state index in [0.717, 1.165) is 16.5 Å². The van der Waals surface area contributed by atoms with Crippen molar-refractivity contribution in [2.75, 3.05) is 6.79 Å². The lowest BCUT2D eigenvalue weighted by Gasteiger charge is -2.08. The van der Waals surface area contributed by atoms with Crippen LogP contribution < -0.4 is 9.47 Å². The maximum atomic E-state index is 5.88. The van der Waals surface area contributed by atoms with Gasteiger partial charge in [0.25, 0.3) is 0 Å². The third-order valence-corrected chi connectivity index (χ3v) is 5.03. The first kappa shape index (κ1) is 20.3. The van der Waals surface area contributed by atoms with E-state index in [-0.39, 0.29) is 0 Å². The molecule has 0 unspecified atom stereocenters. The van der Waals surface area contributed by atoms with Crippen molar-refractivity contribution in [3.8, 4) is 22.6 Å². The van der Waals surface area contributed by atoms with Crippen LogP contribution in [0.4, 0.5) is 0 Å². The third-order valence-electron chi connectivity index (χ3n) is 4.78. The van der Waals surface area contributed by atoms with E-state index in [1.54, 1.807) is 0 Å². The molecular formula is C25H27ClO2. The van der Waals surface area contributed by atoms with Crippen LogP contribution in [0.2, 0.25) is 5.02 Å². The van der Waals surface area contributed by atoms with Crippen LogP contribution in [0.1, 0.15) is 50.7 Å². The van der Waals surface area contributed by atoms with E-state index >= 15 is 0 Å². The summed E-state index contributed by atoms with van der Waals surface area (Å²) in [6.45, 7) is 9.08. The molecule has 0 atom stereocenters. The molecule has 0 radical (unpaired) electrons. The largest absolute Gasteiger partial charge is 0.454 e. The summed E-state index contributed by atoms with van der Waals surface area (Å²) in [5.41, 5.74) is 5.06. The fourth-order valence-corrected chi connectivity index (χ4v) is 3.25. The molecule has 0 amide bonds. The lowest BCUT2D eigenvalue weighted by atomic mass is 9.97. The van der Waals surface area contributed by atoms with Gasteiger partial charge in [0.05, 0.1) is 0 Å². The van der Waals surface area contributed by atoms with E-state index in [4.69, 9.17) is 21.1 Å². The number of halogens is 1. The van der Waals surface area contributed by atoms with Crippen LogP contribution in [0.15, 0.2) is 66.7 Å². The van der Waals surface area contributed by atoms with Crippen LogP contribution in [0.3, 0.4) is 0 Å².